The summed E-state index contributed by atoms with van der Waals surface area (Å²) in [6.45, 7) is 2.56. The van der Waals surface area contributed by atoms with Crippen LogP contribution in [-0.4, -0.2) is 43.6 Å². The van der Waals surface area contributed by atoms with Crippen molar-refractivity contribution in [2.75, 3.05) is 27.7 Å². The van der Waals surface area contributed by atoms with Crippen LogP contribution in [0, 0.1) is 0 Å². The van der Waals surface area contributed by atoms with E-state index in [1.807, 2.05) is 25.1 Å². The van der Waals surface area contributed by atoms with Gasteiger partial charge in [0.2, 0.25) is 0 Å². The highest BCUT2D eigenvalue weighted by atomic mass is 16.6. The monoisotopic (exact) mass is 262 g/mol. The average molecular weight is 262 g/mol. The Labute approximate surface area is 115 Å². The van der Waals surface area contributed by atoms with E-state index in [2.05, 4.69) is 25.1 Å². The number of carbonyl (C=O) groups is 1. The molecule has 0 atom stereocenters. The van der Waals surface area contributed by atoms with Crippen LogP contribution in [0.3, 0.4) is 0 Å². The topological polar surface area (TPSA) is 32.8 Å². The van der Waals surface area contributed by atoms with Gasteiger partial charge in [0.15, 0.2) is 0 Å². The molecule has 1 aromatic rings. The lowest BCUT2D eigenvalue weighted by Gasteiger charge is -2.24. The Balaban J connectivity index is 2.14. The number of rotatable bonds is 4. The number of hydrogen-bond acceptors (Lipinski definition) is 3. The molecule has 0 bridgehead atoms. The molecular weight excluding hydrogens is 240 g/mol. The zero-order valence-electron chi connectivity index (χ0n) is 12.1. The van der Waals surface area contributed by atoms with E-state index < -0.39 is 0 Å². The van der Waals surface area contributed by atoms with Crippen molar-refractivity contribution in [1.82, 2.24) is 9.80 Å². The highest BCUT2D eigenvalue weighted by Gasteiger charge is 2.46. The van der Waals surface area contributed by atoms with Crippen LogP contribution < -0.4 is 4.74 Å². The van der Waals surface area contributed by atoms with Crippen molar-refractivity contribution < 1.29 is 9.53 Å². The Morgan fingerprint density at radius 3 is 2.53 bits per heavy atom. The SMILES string of the molecule is CCN(C)C(=O)Oc1cccc(C2(N(C)C)CC2)c1. The smallest absolute Gasteiger partial charge is 0.410 e. The first kappa shape index (κ1) is 13.9. The summed E-state index contributed by atoms with van der Waals surface area (Å²) in [6.07, 6.45) is 2.01. The van der Waals surface area contributed by atoms with Gasteiger partial charge < -0.3 is 9.64 Å². The molecular formula is C15H22N2O2. The molecule has 1 aromatic carbocycles. The molecule has 1 saturated carbocycles. The summed E-state index contributed by atoms with van der Waals surface area (Å²) in [4.78, 5) is 15.5. The largest absolute Gasteiger partial charge is 0.414 e. The van der Waals surface area contributed by atoms with Crippen molar-refractivity contribution in [2.45, 2.75) is 25.3 Å². The summed E-state index contributed by atoms with van der Waals surface area (Å²) in [5, 5.41) is 0. The molecule has 19 heavy (non-hydrogen) atoms. The summed E-state index contributed by atoms with van der Waals surface area (Å²) in [5.41, 5.74) is 1.36. The standard InChI is InChI=1S/C15H22N2O2/c1-5-17(4)14(18)19-13-8-6-7-12(11-13)15(9-10-15)16(2)3/h6-8,11H,5,9-10H2,1-4H3. The Bertz CT molecular complexity index is 467. The van der Waals surface area contributed by atoms with Crippen LogP contribution in [0.1, 0.15) is 25.3 Å². The normalized spacial score (nSPS) is 16.3. The summed E-state index contributed by atoms with van der Waals surface area (Å²) in [5.74, 6) is 0.621. The molecule has 0 N–H and O–H groups in total. The number of nitrogens with zero attached hydrogens (tertiary/aromatic N) is 2. The lowest BCUT2D eigenvalue weighted by atomic mass is 10.0. The highest BCUT2D eigenvalue weighted by molar-refractivity contribution is 5.70. The van der Waals surface area contributed by atoms with Gasteiger partial charge in [-0.05, 0) is 51.6 Å². The summed E-state index contributed by atoms with van der Waals surface area (Å²) in [6, 6.07) is 7.87. The number of amides is 1. The molecule has 1 fully saturated rings. The van der Waals surface area contributed by atoms with Crippen molar-refractivity contribution in [2.24, 2.45) is 0 Å². The third-order valence-corrected chi connectivity index (χ3v) is 3.94. The summed E-state index contributed by atoms with van der Waals surface area (Å²) >= 11 is 0. The zero-order chi connectivity index (χ0) is 14.0. The van der Waals surface area contributed by atoms with E-state index in [4.69, 9.17) is 4.74 Å². The van der Waals surface area contributed by atoms with Gasteiger partial charge >= 0.3 is 6.09 Å². The molecule has 0 spiro atoms. The fourth-order valence-corrected chi connectivity index (χ4v) is 2.27. The molecule has 0 saturated heterocycles. The molecule has 1 aliphatic rings. The lowest BCUT2D eigenvalue weighted by molar-refractivity contribution is 0.165. The highest BCUT2D eigenvalue weighted by Crippen LogP contribution is 2.50. The van der Waals surface area contributed by atoms with Gasteiger partial charge in [-0.25, -0.2) is 4.79 Å². The fraction of sp³-hybridized carbons (Fsp3) is 0.533. The second-order valence-corrected chi connectivity index (χ2v) is 5.34. The quantitative estimate of drug-likeness (QED) is 0.836. The predicted molar refractivity (Wildman–Crippen MR) is 75.4 cm³/mol. The van der Waals surface area contributed by atoms with E-state index in [0.717, 1.165) is 12.8 Å². The van der Waals surface area contributed by atoms with Gasteiger partial charge in [0.1, 0.15) is 5.75 Å². The van der Waals surface area contributed by atoms with Gasteiger partial charge in [-0.2, -0.15) is 0 Å². The fourth-order valence-electron chi connectivity index (χ4n) is 2.27. The van der Waals surface area contributed by atoms with E-state index in [-0.39, 0.29) is 11.6 Å². The third kappa shape index (κ3) is 2.73. The van der Waals surface area contributed by atoms with E-state index in [9.17, 15) is 4.79 Å². The minimum atomic E-state index is -0.311. The number of benzene rings is 1. The Morgan fingerprint density at radius 1 is 1.32 bits per heavy atom. The second-order valence-electron chi connectivity index (χ2n) is 5.34. The van der Waals surface area contributed by atoms with Crippen molar-refractivity contribution in [3.8, 4) is 5.75 Å². The number of hydrogen-bond donors (Lipinski definition) is 0. The van der Waals surface area contributed by atoms with E-state index in [1.54, 1.807) is 11.9 Å². The van der Waals surface area contributed by atoms with Gasteiger partial charge in [-0.3, -0.25) is 4.90 Å². The minimum Gasteiger partial charge on any atom is -0.410 e. The van der Waals surface area contributed by atoms with E-state index >= 15 is 0 Å². The molecule has 104 valence electrons. The average Bonchev–Trinajstić information content (AvgIpc) is 3.19. The zero-order valence-corrected chi connectivity index (χ0v) is 12.1. The van der Waals surface area contributed by atoms with Crippen LogP contribution in [0.2, 0.25) is 0 Å². The van der Waals surface area contributed by atoms with Crippen molar-refractivity contribution in [3.05, 3.63) is 29.8 Å². The van der Waals surface area contributed by atoms with Gasteiger partial charge in [0, 0.05) is 19.1 Å². The maximum absolute atomic E-state index is 11.7. The van der Waals surface area contributed by atoms with Crippen molar-refractivity contribution in [3.63, 3.8) is 0 Å². The predicted octanol–water partition coefficient (Wildman–Crippen LogP) is 2.69. The van der Waals surface area contributed by atoms with Gasteiger partial charge in [-0.1, -0.05) is 12.1 Å². The molecule has 1 amide bonds. The molecule has 0 aromatic heterocycles. The van der Waals surface area contributed by atoms with Crippen molar-refractivity contribution >= 4 is 6.09 Å². The first-order valence-electron chi connectivity index (χ1n) is 6.70. The molecule has 0 radical (unpaired) electrons. The molecule has 4 heteroatoms. The van der Waals surface area contributed by atoms with Crippen LogP contribution >= 0.6 is 0 Å². The summed E-state index contributed by atoms with van der Waals surface area (Å²) < 4.78 is 5.38. The van der Waals surface area contributed by atoms with Crippen LogP contribution in [0.15, 0.2) is 24.3 Å². The maximum Gasteiger partial charge on any atom is 0.414 e. The van der Waals surface area contributed by atoms with Gasteiger partial charge in [0.05, 0.1) is 0 Å². The Kier molecular flexibility index (Phi) is 3.80. The molecule has 0 unspecified atom stereocenters. The molecule has 0 aliphatic heterocycles. The van der Waals surface area contributed by atoms with Crippen LogP contribution in [0.25, 0.3) is 0 Å². The first-order valence-corrected chi connectivity index (χ1v) is 6.70. The van der Waals surface area contributed by atoms with Crippen LogP contribution in [0.5, 0.6) is 5.75 Å². The van der Waals surface area contributed by atoms with Gasteiger partial charge in [0.25, 0.3) is 0 Å². The van der Waals surface area contributed by atoms with E-state index in [1.165, 1.54) is 5.56 Å². The number of carbonyl (C=O) groups excluding carboxylic acids is 1. The molecule has 2 rings (SSSR count). The van der Waals surface area contributed by atoms with E-state index in [0.29, 0.717) is 12.3 Å². The lowest BCUT2D eigenvalue weighted by Crippen LogP contribution is -2.30. The van der Waals surface area contributed by atoms with Crippen molar-refractivity contribution in [1.29, 1.82) is 0 Å². The Morgan fingerprint density at radius 2 is 2.00 bits per heavy atom. The van der Waals surface area contributed by atoms with Crippen LogP contribution in [0.4, 0.5) is 4.79 Å². The van der Waals surface area contributed by atoms with Gasteiger partial charge in [-0.15, -0.1) is 0 Å². The maximum atomic E-state index is 11.7. The molecule has 0 heterocycles. The third-order valence-electron chi connectivity index (χ3n) is 3.94. The van der Waals surface area contributed by atoms with Crippen LogP contribution in [-0.2, 0) is 5.54 Å². The second kappa shape index (κ2) is 5.21. The first-order chi connectivity index (χ1) is 8.99. The molecule has 1 aliphatic carbocycles. The number of ether oxygens (including phenoxy) is 1. The molecule has 4 nitrogen and oxygen atoms in total. The summed E-state index contributed by atoms with van der Waals surface area (Å²) in [7, 11) is 5.92. The Hall–Kier alpha value is -1.55. The minimum absolute atomic E-state index is 0.138.